The van der Waals surface area contributed by atoms with Crippen LogP contribution in [0.4, 0.5) is 16.2 Å². The molecule has 3 rings (SSSR count). The first-order valence-electron chi connectivity index (χ1n) is 9.77. The molecule has 0 radical (unpaired) electrons. The molecule has 3 amide bonds. The van der Waals surface area contributed by atoms with Gasteiger partial charge in [-0.1, -0.05) is 0 Å². The standard InChI is InChI=1S/C18H27N5O6S/c19-18(25)22-17(24)12-21-16-10-14(30(26,27)23-5-8-28-9-6-23)3-4-15(16)20-11-13-2-1-7-29-13/h3-4,10,13,20-21H,1-2,5-9,11-12H2,(H3,19,22,24,25). The quantitative estimate of drug-likeness (QED) is 0.437. The number of benzene rings is 1. The lowest BCUT2D eigenvalue weighted by Crippen LogP contribution is -2.40. The molecule has 166 valence electrons. The van der Waals surface area contributed by atoms with Crippen LogP contribution in [0.1, 0.15) is 12.8 Å². The average molecular weight is 442 g/mol. The SMILES string of the molecule is NC(=O)NC(=O)CNc1cc(S(=O)(=O)N2CCOCC2)ccc1NCC1CCCO1. The van der Waals surface area contributed by atoms with Crippen LogP contribution >= 0.6 is 0 Å². The van der Waals surface area contributed by atoms with Crippen LogP contribution in [0, 0.1) is 0 Å². The number of rotatable bonds is 8. The summed E-state index contributed by atoms with van der Waals surface area (Å²) in [5, 5.41) is 8.08. The molecule has 30 heavy (non-hydrogen) atoms. The van der Waals surface area contributed by atoms with Gasteiger partial charge in [-0.25, -0.2) is 13.2 Å². The van der Waals surface area contributed by atoms with Crippen molar-refractivity contribution in [2.45, 2.75) is 23.8 Å². The van der Waals surface area contributed by atoms with E-state index < -0.39 is 22.0 Å². The molecule has 1 unspecified atom stereocenters. The second-order valence-electron chi connectivity index (χ2n) is 7.01. The third-order valence-electron chi connectivity index (χ3n) is 4.85. The summed E-state index contributed by atoms with van der Waals surface area (Å²) in [6, 6.07) is 3.69. The van der Waals surface area contributed by atoms with E-state index in [4.69, 9.17) is 15.2 Å². The Balaban J connectivity index is 1.78. The van der Waals surface area contributed by atoms with Crippen molar-refractivity contribution in [3.63, 3.8) is 0 Å². The van der Waals surface area contributed by atoms with Gasteiger partial charge >= 0.3 is 6.03 Å². The maximum atomic E-state index is 13.0. The molecule has 2 heterocycles. The molecule has 0 bridgehead atoms. The molecule has 2 aliphatic heterocycles. The van der Waals surface area contributed by atoms with Crippen LogP contribution in [0.3, 0.4) is 0 Å². The third kappa shape index (κ3) is 5.81. The molecule has 1 aromatic carbocycles. The predicted octanol–water partition coefficient (Wildman–Crippen LogP) is -0.0948. The highest BCUT2D eigenvalue weighted by Crippen LogP contribution is 2.28. The Kier molecular flexibility index (Phi) is 7.48. The lowest BCUT2D eigenvalue weighted by atomic mass is 10.2. The smallest absolute Gasteiger partial charge is 0.318 e. The summed E-state index contributed by atoms with van der Waals surface area (Å²) in [5.41, 5.74) is 6.00. The highest BCUT2D eigenvalue weighted by atomic mass is 32.2. The maximum Gasteiger partial charge on any atom is 0.318 e. The average Bonchev–Trinajstić information content (AvgIpc) is 3.24. The number of primary amides is 1. The van der Waals surface area contributed by atoms with Crippen molar-refractivity contribution < 1.29 is 27.5 Å². The number of morpholine rings is 1. The highest BCUT2D eigenvalue weighted by Gasteiger charge is 2.27. The number of anilines is 2. The van der Waals surface area contributed by atoms with Crippen molar-refractivity contribution in [3.8, 4) is 0 Å². The fourth-order valence-electron chi connectivity index (χ4n) is 3.31. The van der Waals surface area contributed by atoms with Crippen molar-refractivity contribution in [3.05, 3.63) is 18.2 Å². The van der Waals surface area contributed by atoms with E-state index >= 15 is 0 Å². The van der Waals surface area contributed by atoms with E-state index in [2.05, 4.69) is 10.6 Å². The van der Waals surface area contributed by atoms with Crippen LogP contribution < -0.4 is 21.7 Å². The Morgan fingerprint density at radius 3 is 2.57 bits per heavy atom. The van der Waals surface area contributed by atoms with E-state index in [1.54, 1.807) is 6.07 Å². The van der Waals surface area contributed by atoms with Crippen LogP contribution in [-0.4, -0.2) is 76.8 Å². The van der Waals surface area contributed by atoms with Crippen LogP contribution in [0.25, 0.3) is 0 Å². The molecule has 0 spiro atoms. The van der Waals surface area contributed by atoms with E-state index in [0.717, 1.165) is 19.4 Å². The van der Waals surface area contributed by atoms with Crippen LogP contribution in [-0.2, 0) is 24.3 Å². The first-order valence-corrected chi connectivity index (χ1v) is 11.2. The Labute approximate surface area is 175 Å². The monoisotopic (exact) mass is 441 g/mol. The van der Waals surface area contributed by atoms with Crippen LogP contribution in [0.15, 0.2) is 23.1 Å². The van der Waals surface area contributed by atoms with Gasteiger partial charge < -0.3 is 25.8 Å². The molecule has 2 aliphatic rings. The minimum Gasteiger partial charge on any atom is -0.381 e. The summed E-state index contributed by atoms with van der Waals surface area (Å²) in [6.07, 6.45) is 2.02. The number of hydrogen-bond acceptors (Lipinski definition) is 8. The summed E-state index contributed by atoms with van der Waals surface area (Å²) >= 11 is 0. The van der Waals surface area contributed by atoms with E-state index in [0.29, 0.717) is 31.1 Å². The number of sulfonamides is 1. The molecule has 5 N–H and O–H groups in total. The number of amides is 3. The van der Waals surface area contributed by atoms with Crippen molar-refractivity contribution in [1.29, 1.82) is 0 Å². The zero-order valence-corrected chi connectivity index (χ0v) is 17.4. The predicted molar refractivity (Wildman–Crippen MR) is 110 cm³/mol. The molecule has 0 saturated carbocycles. The summed E-state index contributed by atoms with van der Waals surface area (Å²) in [4.78, 5) is 22.7. The first-order chi connectivity index (χ1) is 14.4. The molecule has 0 aliphatic carbocycles. The lowest BCUT2D eigenvalue weighted by molar-refractivity contribution is -0.118. The van der Waals surface area contributed by atoms with Crippen LogP contribution in [0.5, 0.6) is 0 Å². The van der Waals surface area contributed by atoms with E-state index in [9.17, 15) is 18.0 Å². The first kappa shape index (κ1) is 22.3. The van der Waals surface area contributed by atoms with Gasteiger partial charge in [-0.2, -0.15) is 4.31 Å². The number of carbonyl (C=O) groups excluding carboxylic acids is 2. The molecule has 2 saturated heterocycles. The van der Waals surface area contributed by atoms with Gasteiger partial charge in [0.05, 0.1) is 42.1 Å². The molecule has 1 aromatic rings. The fraction of sp³-hybridized carbons (Fsp3) is 0.556. The number of nitrogens with zero attached hydrogens (tertiary/aromatic N) is 1. The molecular weight excluding hydrogens is 414 g/mol. The lowest BCUT2D eigenvalue weighted by Gasteiger charge is -2.26. The Hall–Kier alpha value is -2.41. The summed E-state index contributed by atoms with van der Waals surface area (Å²) < 4.78 is 38.1. The van der Waals surface area contributed by atoms with E-state index in [1.807, 2.05) is 5.32 Å². The summed E-state index contributed by atoms with van der Waals surface area (Å²) in [6.45, 7) is 2.28. The van der Waals surface area contributed by atoms with Crippen LogP contribution in [0.2, 0.25) is 0 Å². The second-order valence-corrected chi connectivity index (χ2v) is 8.94. The highest BCUT2D eigenvalue weighted by molar-refractivity contribution is 7.89. The Bertz CT molecular complexity index is 866. The van der Waals surface area contributed by atoms with Gasteiger partial charge in [-0.3, -0.25) is 10.1 Å². The minimum atomic E-state index is -3.70. The van der Waals surface area contributed by atoms with E-state index in [1.165, 1.54) is 16.4 Å². The van der Waals surface area contributed by atoms with E-state index in [-0.39, 0.29) is 30.6 Å². The van der Waals surface area contributed by atoms with Gasteiger partial charge in [-0.15, -0.1) is 0 Å². The Morgan fingerprint density at radius 1 is 1.13 bits per heavy atom. The van der Waals surface area contributed by atoms with Crippen molar-refractivity contribution >= 4 is 33.3 Å². The van der Waals surface area contributed by atoms with Gasteiger partial charge in [-0.05, 0) is 31.0 Å². The molecule has 0 aromatic heterocycles. The van der Waals surface area contributed by atoms with Gasteiger partial charge in [0, 0.05) is 26.2 Å². The van der Waals surface area contributed by atoms with Gasteiger partial charge in [0.1, 0.15) is 0 Å². The number of imide groups is 1. The summed E-state index contributed by atoms with van der Waals surface area (Å²) in [7, 11) is -3.70. The number of ether oxygens (including phenoxy) is 2. The number of nitrogens with one attached hydrogen (secondary N) is 3. The molecule has 1 atom stereocenters. The molecule has 12 heteroatoms. The third-order valence-corrected chi connectivity index (χ3v) is 6.74. The van der Waals surface area contributed by atoms with Gasteiger partial charge in [0.25, 0.3) is 0 Å². The number of carbonyl (C=O) groups is 2. The largest absolute Gasteiger partial charge is 0.381 e. The minimum absolute atomic E-state index is 0.0766. The topological polar surface area (TPSA) is 152 Å². The zero-order valence-electron chi connectivity index (χ0n) is 16.6. The molecule has 11 nitrogen and oxygen atoms in total. The fourth-order valence-corrected chi connectivity index (χ4v) is 4.74. The second kappa shape index (κ2) is 10.1. The summed E-state index contributed by atoms with van der Waals surface area (Å²) in [5.74, 6) is -0.631. The molecular formula is C18H27N5O6S. The van der Waals surface area contributed by atoms with Crippen molar-refractivity contribution in [1.82, 2.24) is 9.62 Å². The number of urea groups is 1. The zero-order chi connectivity index (χ0) is 21.6. The van der Waals surface area contributed by atoms with Gasteiger partial charge in [0.2, 0.25) is 15.9 Å². The normalized spacial score (nSPS) is 19.9. The molecule has 2 fully saturated rings. The number of nitrogens with two attached hydrogens (primary N) is 1. The number of hydrogen-bond donors (Lipinski definition) is 4. The van der Waals surface area contributed by atoms with Gasteiger partial charge in [0.15, 0.2) is 0 Å². The van der Waals surface area contributed by atoms with Crippen molar-refractivity contribution in [2.75, 3.05) is 56.6 Å². The maximum absolute atomic E-state index is 13.0. The van der Waals surface area contributed by atoms with Crippen molar-refractivity contribution in [2.24, 2.45) is 5.73 Å². The Morgan fingerprint density at radius 2 is 1.90 bits per heavy atom.